The molecule has 0 atom stereocenters. The van der Waals surface area contributed by atoms with Crippen LogP contribution in [-0.2, 0) is 6.54 Å². The lowest BCUT2D eigenvalue weighted by Gasteiger charge is -2.06. The van der Waals surface area contributed by atoms with Crippen molar-refractivity contribution in [3.8, 4) is 5.88 Å². The highest BCUT2D eigenvalue weighted by Gasteiger charge is 2.10. The van der Waals surface area contributed by atoms with Crippen LogP contribution in [0.25, 0.3) is 11.2 Å². The second kappa shape index (κ2) is 4.80. The fraction of sp³-hybridized carbons (Fsp3) is 0.214. The summed E-state index contributed by atoms with van der Waals surface area (Å²) < 4.78 is 6.93. The second-order valence-electron chi connectivity index (χ2n) is 4.56. The molecule has 3 rings (SSSR count). The molecule has 0 saturated heterocycles. The molecule has 0 aliphatic carbocycles. The second-order valence-corrected chi connectivity index (χ2v) is 4.56. The third kappa shape index (κ3) is 2.16. The number of hydrogen-bond acceptors (Lipinski definition) is 5. The average Bonchev–Trinajstić information content (AvgIpc) is 2.76. The summed E-state index contributed by atoms with van der Waals surface area (Å²) in [7, 11) is 1.59. The van der Waals surface area contributed by atoms with E-state index < -0.39 is 0 Å². The standard InChI is InChI=1S/C14H15N5O/c1-9-3-5-11-13(17-9)19(14(15)18-11)8-10-4-6-12(20-2)16-7-10/h3-7H,8H2,1-2H3,(H2,15,18). The Balaban J connectivity index is 2.00. The van der Waals surface area contributed by atoms with Gasteiger partial charge < -0.3 is 10.5 Å². The zero-order chi connectivity index (χ0) is 14.1. The van der Waals surface area contributed by atoms with E-state index in [1.807, 2.05) is 35.8 Å². The number of ether oxygens (including phenoxy) is 1. The SMILES string of the molecule is COc1ccc(Cn2c(N)nc3ccc(C)nc32)cn1. The topological polar surface area (TPSA) is 78.9 Å². The molecule has 0 bridgehead atoms. The van der Waals surface area contributed by atoms with Crippen molar-refractivity contribution < 1.29 is 4.74 Å². The van der Waals surface area contributed by atoms with Gasteiger partial charge in [-0.3, -0.25) is 4.57 Å². The van der Waals surface area contributed by atoms with Gasteiger partial charge in [0.25, 0.3) is 0 Å². The summed E-state index contributed by atoms with van der Waals surface area (Å²) in [5, 5.41) is 0. The van der Waals surface area contributed by atoms with Crippen LogP contribution in [0.1, 0.15) is 11.3 Å². The summed E-state index contributed by atoms with van der Waals surface area (Å²) in [5.74, 6) is 1.04. The Morgan fingerprint density at radius 1 is 1.20 bits per heavy atom. The molecule has 3 aromatic heterocycles. The predicted molar refractivity (Wildman–Crippen MR) is 76.6 cm³/mol. The zero-order valence-electron chi connectivity index (χ0n) is 11.4. The van der Waals surface area contributed by atoms with Crippen LogP contribution in [0.2, 0.25) is 0 Å². The van der Waals surface area contributed by atoms with Gasteiger partial charge in [0, 0.05) is 18.0 Å². The Bertz CT molecular complexity index is 748. The smallest absolute Gasteiger partial charge is 0.212 e. The molecule has 0 spiro atoms. The van der Waals surface area contributed by atoms with Crippen molar-refractivity contribution in [3.63, 3.8) is 0 Å². The lowest BCUT2D eigenvalue weighted by atomic mass is 10.3. The fourth-order valence-electron chi connectivity index (χ4n) is 2.08. The molecule has 20 heavy (non-hydrogen) atoms. The van der Waals surface area contributed by atoms with Gasteiger partial charge in [-0.25, -0.2) is 15.0 Å². The molecular formula is C14H15N5O. The maximum atomic E-state index is 5.97. The van der Waals surface area contributed by atoms with Crippen molar-refractivity contribution in [1.82, 2.24) is 19.5 Å². The van der Waals surface area contributed by atoms with Crippen LogP contribution >= 0.6 is 0 Å². The lowest BCUT2D eigenvalue weighted by Crippen LogP contribution is -2.06. The van der Waals surface area contributed by atoms with E-state index in [1.54, 1.807) is 13.3 Å². The number of pyridine rings is 2. The molecule has 0 radical (unpaired) electrons. The number of nitrogen functional groups attached to an aromatic ring is 1. The number of nitrogens with zero attached hydrogens (tertiary/aromatic N) is 4. The van der Waals surface area contributed by atoms with Crippen LogP contribution in [0.3, 0.4) is 0 Å². The van der Waals surface area contributed by atoms with Gasteiger partial charge in [-0.1, -0.05) is 6.07 Å². The first-order valence-corrected chi connectivity index (χ1v) is 6.25. The van der Waals surface area contributed by atoms with Crippen LogP contribution in [0.4, 0.5) is 5.95 Å². The minimum atomic E-state index is 0.453. The summed E-state index contributed by atoms with van der Waals surface area (Å²) in [6.07, 6.45) is 1.76. The lowest BCUT2D eigenvalue weighted by molar-refractivity contribution is 0.397. The van der Waals surface area contributed by atoms with Gasteiger partial charge in [-0.2, -0.15) is 0 Å². The van der Waals surface area contributed by atoms with Crippen LogP contribution in [0.15, 0.2) is 30.5 Å². The Hall–Kier alpha value is -2.63. The van der Waals surface area contributed by atoms with Gasteiger partial charge >= 0.3 is 0 Å². The van der Waals surface area contributed by atoms with Gasteiger partial charge in [-0.05, 0) is 24.6 Å². The molecule has 3 heterocycles. The molecule has 0 aliphatic heterocycles. The number of aryl methyl sites for hydroxylation is 1. The summed E-state index contributed by atoms with van der Waals surface area (Å²) in [5.41, 5.74) is 9.52. The van der Waals surface area contributed by atoms with Crippen molar-refractivity contribution >= 4 is 17.1 Å². The molecule has 0 unspecified atom stereocenters. The van der Waals surface area contributed by atoms with Crippen molar-refractivity contribution in [2.24, 2.45) is 0 Å². The Morgan fingerprint density at radius 3 is 2.75 bits per heavy atom. The first-order valence-electron chi connectivity index (χ1n) is 6.25. The number of methoxy groups -OCH3 is 1. The van der Waals surface area contributed by atoms with Crippen LogP contribution in [-0.4, -0.2) is 26.6 Å². The highest BCUT2D eigenvalue weighted by atomic mass is 16.5. The fourth-order valence-corrected chi connectivity index (χ4v) is 2.08. The van der Waals surface area contributed by atoms with Crippen LogP contribution in [0.5, 0.6) is 5.88 Å². The number of anilines is 1. The van der Waals surface area contributed by atoms with E-state index in [1.165, 1.54) is 0 Å². The zero-order valence-corrected chi connectivity index (χ0v) is 11.4. The van der Waals surface area contributed by atoms with E-state index in [4.69, 9.17) is 10.5 Å². The molecule has 0 aromatic carbocycles. The summed E-state index contributed by atoms with van der Waals surface area (Å²) in [4.78, 5) is 13.0. The number of imidazole rings is 1. The van der Waals surface area contributed by atoms with Crippen LogP contribution < -0.4 is 10.5 Å². The molecule has 0 fully saturated rings. The molecule has 0 aliphatic rings. The maximum Gasteiger partial charge on any atom is 0.212 e. The van der Waals surface area contributed by atoms with Gasteiger partial charge in [0.2, 0.25) is 11.8 Å². The molecule has 3 aromatic rings. The molecule has 0 saturated carbocycles. The van der Waals surface area contributed by atoms with E-state index in [2.05, 4.69) is 15.0 Å². The van der Waals surface area contributed by atoms with Gasteiger partial charge in [0.05, 0.1) is 13.7 Å². The van der Waals surface area contributed by atoms with Gasteiger partial charge in [0.15, 0.2) is 5.65 Å². The maximum absolute atomic E-state index is 5.97. The monoisotopic (exact) mass is 269 g/mol. The number of aromatic nitrogens is 4. The number of fused-ring (bicyclic) bond motifs is 1. The highest BCUT2D eigenvalue weighted by Crippen LogP contribution is 2.18. The Labute approximate surface area is 116 Å². The normalized spacial score (nSPS) is 10.9. The number of hydrogen-bond donors (Lipinski definition) is 1. The quantitative estimate of drug-likeness (QED) is 0.784. The first-order chi connectivity index (χ1) is 9.67. The predicted octanol–water partition coefficient (Wildman–Crippen LogP) is 1.77. The van der Waals surface area contributed by atoms with E-state index in [9.17, 15) is 0 Å². The third-order valence-corrected chi connectivity index (χ3v) is 3.11. The van der Waals surface area contributed by atoms with E-state index in [-0.39, 0.29) is 0 Å². The van der Waals surface area contributed by atoms with E-state index >= 15 is 0 Å². The van der Waals surface area contributed by atoms with E-state index in [0.29, 0.717) is 18.4 Å². The first kappa shape index (κ1) is 12.4. The summed E-state index contributed by atoms with van der Waals surface area (Å²) in [6, 6.07) is 7.63. The molecule has 6 heteroatoms. The molecule has 2 N–H and O–H groups in total. The van der Waals surface area contributed by atoms with Crippen molar-refractivity contribution in [3.05, 3.63) is 41.7 Å². The molecule has 0 amide bonds. The minimum absolute atomic E-state index is 0.453. The van der Waals surface area contributed by atoms with Crippen molar-refractivity contribution in [2.75, 3.05) is 12.8 Å². The Kier molecular flexibility index (Phi) is 2.98. The largest absolute Gasteiger partial charge is 0.481 e. The van der Waals surface area contributed by atoms with Gasteiger partial charge in [-0.15, -0.1) is 0 Å². The molecule has 6 nitrogen and oxygen atoms in total. The molecular weight excluding hydrogens is 254 g/mol. The minimum Gasteiger partial charge on any atom is -0.481 e. The van der Waals surface area contributed by atoms with Gasteiger partial charge in [0.1, 0.15) is 5.52 Å². The third-order valence-electron chi connectivity index (χ3n) is 3.11. The Morgan fingerprint density at radius 2 is 2.05 bits per heavy atom. The highest BCUT2D eigenvalue weighted by molar-refractivity contribution is 5.74. The van der Waals surface area contributed by atoms with Crippen LogP contribution in [0, 0.1) is 6.92 Å². The molecule has 102 valence electrons. The summed E-state index contributed by atoms with van der Waals surface area (Å²) >= 11 is 0. The number of rotatable bonds is 3. The number of nitrogens with two attached hydrogens (primary N) is 1. The van der Waals surface area contributed by atoms with E-state index in [0.717, 1.165) is 22.4 Å². The van der Waals surface area contributed by atoms with Crippen molar-refractivity contribution in [1.29, 1.82) is 0 Å². The average molecular weight is 269 g/mol. The van der Waals surface area contributed by atoms with Crippen molar-refractivity contribution in [2.45, 2.75) is 13.5 Å². The summed E-state index contributed by atoms with van der Waals surface area (Å²) in [6.45, 7) is 2.53.